The minimum Gasteiger partial charge on any atom is -0.391 e. The Morgan fingerprint density at radius 1 is 1.44 bits per heavy atom. The van der Waals surface area contributed by atoms with Crippen LogP contribution in [0.2, 0.25) is 0 Å². The maximum Gasteiger partial charge on any atom is 0.270 e. The van der Waals surface area contributed by atoms with Crippen molar-refractivity contribution in [1.82, 2.24) is 10.3 Å². The second-order valence-electron chi connectivity index (χ2n) is 4.27. The molecule has 0 atom stereocenters. The van der Waals surface area contributed by atoms with Crippen LogP contribution in [0.15, 0.2) is 18.2 Å². The highest BCUT2D eigenvalue weighted by atomic mass is 32.1. The SMILES string of the molecule is CCC(CC)(NC(=O)c1cccc(C)n1)C(N)=S. The van der Waals surface area contributed by atoms with E-state index < -0.39 is 5.54 Å². The molecule has 0 unspecified atom stereocenters. The molecule has 1 aromatic rings. The second-order valence-corrected chi connectivity index (χ2v) is 4.71. The lowest BCUT2D eigenvalue weighted by atomic mass is 9.92. The summed E-state index contributed by atoms with van der Waals surface area (Å²) in [4.78, 5) is 16.6. The van der Waals surface area contributed by atoms with Crippen molar-refractivity contribution >= 4 is 23.1 Å². The number of hydrogen-bond acceptors (Lipinski definition) is 3. The van der Waals surface area contributed by atoms with Crippen LogP contribution in [0, 0.1) is 6.92 Å². The van der Waals surface area contributed by atoms with Crippen LogP contribution in [0.25, 0.3) is 0 Å². The van der Waals surface area contributed by atoms with E-state index in [4.69, 9.17) is 18.0 Å². The zero-order chi connectivity index (χ0) is 13.8. The predicted octanol–water partition coefficient (Wildman–Crippen LogP) is 1.96. The number of nitrogens with two attached hydrogens (primary N) is 1. The molecule has 98 valence electrons. The smallest absolute Gasteiger partial charge is 0.270 e. The minimum absolute atomic E-state index is 0.241. The van der Waals surface area contributed by atoms with Crippen LogP contribution in [-0.4, -0.2) is 21.4 Å². The molecule has 3 N–H and O–H groups in total. The van der Waals surface area contributed by atoms with E-state index in [0.29, 0.717) is 23.5 Å². The Labute approximate surface area is 113 Å². The van der Waals surface area contributed by atoms with Crippen LogP contribution in [0.5, 0.6) is 0 Å². The van der Waals surface area contributed by atoms with Gasteiger partial charge >= 0.3 is 0 Å². The number of nitrogens with zero attached hydrogens (tertiary/aromatic N) is 1. The molecule has 0 aliphatic carbocycles. The molecule has 1 heterocycles. The van der Waals surface area contributed by atoms with Gasteiger partial charge in [-0.2, -0.15) is 0 Å². The number of rotatable bonds is 5. The highest BCUT2D eigenvalue weighted by molar-refractivity contribution is 7.80. The molecule has 1 rings (SSSR count). The van der Waals surface area contributed by atoms with Crippen LogP contribution in [0.3, 0.4) is 0 Å². The molecule has 0 bridgehead atoms. The molecule has 0 aliphatic rings. The van der Waals surface area contributed by atoms with Gasteiger partial charge in [0.05, 0.1) is 10.5 Å². The fraction of sp³-hybridized carbons (Fsp3) is 0.462. The highest BCUT2D eigenvalue weighted by Crippen LogP contribution is 2.16. The van der Waals surface area contributed by atoms with E-state index in [1.807, 2.05) is 26.8 Å². The molecule has 0 saturated carbocycles. The van der Waals surface area contributed by atoms with Gasteiger partial charge in [0.2, 0.25) is 0 Å². The largest absolute Gasteiger partial charge is 0.391 e. The van der Waals surface area contributed by atoms with Crippen LogP contribution < -0.4 is 11.1 Å². The van der Waals surface area contributed by atoms with Gasteiger partial charge in [-0.15, -0.1) is 0 Å². The van der Waals surface area contributed by atoms with Crippen LogP contribution >= 0.6 is 12.2 Å². The zero-order valence-electron chi connectivity index (χ0n) is 11.0. The predicted molar refractivity (Wildman–Crippen MR) is 76.5 cm³/mol. The number of hydrogen-bond donors (Lipinski definition) is 2. The Bertz CT molecular complexity index is 455. The first-order chi connectivity index (χ1) is 8.45. The minimum atomic E-state index is -0.627. The molecule has 1 aromatic heterocycles. The van der Waals surface area contributed by atoms with Gasteiger partial charge in [0.15, 0.2) is 0 Å². The Kier molecular flexibility index (Phi) is 4.78. The van der Waals surface area contributed by atoms with Crippen molar-refractivity contribution in [2.45, 2.75) is 39.2 Å². The summed E-state index contributed by atoms with van der Waals surface area (Å²) in [5.41, 5.74) is 6.31. The Morgan fingerprint density at radius 2 is 2.06 bits per heavy atom. The van der Waals surface area contributed by atoms with E-state index in [1.54, 1.807) is 12.1 Å². The molecular formula is C13H19N3OS. The van der Waals surface area contributed by atoms with Gasteiger partial charge in [0.1, 0.15) is 5.69 Å². The Hall–Kier alpha value is -1.49. The summed E-state index contributed by atoms with van der Waals surface area (Å²) in [5.74, 6) is -0.241. The first-order valence-electron chi connectivity index (χ1n) is 6.01. The van der Waals surface area contributed by atoms with Gasteiger partial charge in [-0.05, 0) is 31.9 Å². The number of thiocarbonyl (C=S) groups is 1. The Morgan fingerprint density at radius 3 is 2.50 bits per heavy atom. The second kappa shape index (κ2) is 5.91. The van der Waals surface area contributed by atoms with E-state index in [0.717, 1.165) is 5.69 Å². The van der Waals surface area contributed by atoms with Gasteiger partial charge in [-0.25, -0.2) is 4.98 Å². The van der Waals surface area contributed by atoms with E-state index in [-0.39, 0.29) is 5.91 Å². The summed E-state index contributed by atoms with van der Waals surface area (Å²) in [5, 5.41) is 2.91. The summed E-state index contributed by atoms with van der Waals surface area (Å²) in [6.07, 6.45) is 1.33. The standard InChI is InChI=1S/C13H19N3OS/c1-4-13(5-2,12(14)18)16-11(17)10-8-6-7-9(3)15-10/h6-8H,4-5H2,1-3H3,(H2,14,18)(H,16,17). The lowest BCUT2D eigenvalue weighted by Crippen LogP contribution is -2.56. The van der Waals surface area contributed by atoms with Gasteiger partial charge in [0, 0.05) is 5.69 Å². The van der Waals surface area contributed by atoms with E-state index >= 15 is 0 Å². The zero-order valence-corrected chi connectivity index (χ0v) is 11.8. The highest BCUT2D eigenvalue weighted by Gasteiger charge is 2.31. The third-order valence-corrected chi connectivity index (χ3v) is 3.54. The number of aryl methyl sites for hydroxylation is 1. The number of nitrogens with one attached hydrogen (secondary N) is 1. The number of carbonyl (C=O) groups excluding carboxylic acids is 1. The summed E-state index contributed by atoms with van der Waals surface area (Å²) in [7, 11) is 0. The molecule has 18 heavy (non-hydrogen) atoms. The number of pyridine rings is 1. The summed E-state index contributed by atoms with van der Waals surface area (Å²) in [6, 6.07) is 5.33. The molecule has 0 aliphatic heterocycles. The van der Waals surface area contributed by atoms with Crippen molar-refractivity contribution in [3.63, 3.8) is 0 Å². The van der Waals surface area contributed by atoms with Crippen molar-refractivity contribution in [2.75, 3.05) is 0 Å². The van der Waals surface area contributed by atoms with E-state index in [2.05, 4.69) is 10.3 Å². The maximum absolute atomic E-state index is 12.1. The first-order valence-corrected chi connectivity index (χ1v) is 6.42. The third-order valence-electron chi connectivity index (χ3n) is 3.15. The van der Waals surface area contributed by atoms with Gasteiger partial charge < -0.3 is 11.1 Å². The van der Waals surface area contributed by atoms with E-state index in [1.165, 1.54) is 0 Å². The van der Waals surface area contributed by atoms with Crippen LogP contribution in [0.1, 0.15) is 42.9 Å². The lowest BCUT2D eigenvalue weighted by molar-refractivity contribution is 0.0914. The van der Waals surface area contributed by atoms with Crippen LogP contribution in [-0.2, 0) is 0 Å². The topological polar surface area (TPSA) is 68.0 Å². The fourth-order valence-corrected chi connectivity index (χ4v) is 2.13. The molecule has 1 amide bonds. The molecule has 0 fully saturated rings. The first kappa shape index (κ1) is 14.6. The summed E-state index contributed by atoms with van der Waals surface area (Å²) in [6.45, 7) is 5.75. The lowest BCUT2D eigenvalue weighted by Gasteiger charge is -2.31. The average Bonchev–Trinajstić information content (AvgIpc) is 2.35. The van der Waals surface area contributed by atoms with Crippen LogP contribution in [0.4, 0.5) is 0 Å². The van der Waals surface area contributed by atoms with Gasteiger partial charge in [0.25, 0.3) is 5.91 Å². The normalized spacial score (nSPS) is 11.1. The van der Waals surface area contributed by atoms with Crippen molar-refractivity contribution in [1.29, 1.82) is 0 Å². The molecule has 0 radical (unpaired) electrons. The van der Waals surface area contributed by atoms with Crippen molar-refractivity contribution in [2.24, 2.45) is 5.73 Å². The average molecular weight is 265 g/mol. The summed E-state index contributed by atoms with van der Waals surface area (Å²) >= 11 is 5.06. The molecule has 0 saturated heterocycles. The Balaban J connectivity index is 2.95. The maximum atomic E-state index is 12.1. The third kappa shape index (κ3) is 3.04. The quantitative estimate of drug-likeness (QED) is 0.799. The van der Waals surface area contributed by atoms with E-state index in [9.17, 15) is 4.79 Å². The number of amides is 1. The van der Waals surface area contributed by atoms with Gasteiger partial charge in [-0.1, -0.05) is 32.1 Å². The number of aromatic nitrogens is 1. The molecule has 5 heteroatoms. The molecular weight excluding hydrogens is 246 g/mol. The summed E-state index contributed by atoms with van der Waals surface area (Å²) < 4.78 is 0. The van der Waals surface area contributed by atoms with Crippen molar-refractivity contribution in [3.05, 3.63) is 29.6 Å². The monoisotopic (exact) mass is 265 g/mol. The van der Waals surface area contributed by atoms with Gasteiger partial charge in [-0.3, -0.25) is 4.79 Å². The van der Waals surface area contributed by atoms with Crippen molar-refractivity contribution in [3.8, 4) is 0 Å². The molecule has 0 spiro atoms. The fourth-order valence-electron chi connectivity index (χ4n) is 1.79. The molecule has 0 aromatic carbocycles. The molecule has 4 nitrogen and oxygen atoms in total. The number of carbonyl (C=O) groups is 1. The van der Waals surface area contributed by atoms with Crippen molar-refractivity contribution < 1.29 is 4.79 Å².